The number of hydrogen-bond donors (Lipinski definition) is 1. The van der Waals surface area contributed by atoms with Gasteiger partial charge in [0.2, 0.25) is 0 Å². The summed E-state index contributed by atoms with van der Waals surface area (Å²) in [6.45, 7) is 2.33. The Balaban J connectivity index is 1.30. The molecule has 0 aliphatic carbocycles. The van der Waals surface area contributed by atoms with Gasteiger partial charge in [-0.05, 0) is 55.5 Å². The lowest BCUT2D eigenvalue weighted by atomic mass is 10.1. The summed E-state index contributed by atoms with van der Waals surface area (Å²) in [5.41, 5.74) is 3.38. The molecule has 30 heavy (non-hydrogen) atoms. The number of anilines is 1. The second-order valence-electron chi connectivity index (χ2n) is 7.00. The normalized spacial score (nSPS) is 12.8. The number of benzene rings is 3. The summed E-state index contributed by atoms with van der Waals surface area (Å²) in [5, 5.41) is 2.88. The molecule has 4 rings (SSSR count). The summed E-state index contributed by atoms with van der Waals surface area (Å²) in [7, 11) is 0. The van der Waals surface area contributed by atoms with E-state index in [0.717, 1.165) is 10.5 Å². The summed E-state index contributed by atoms with van der Waals surface area (Å²) in [4.78, 5) is 39.4. The number of imide groups is 1. The number of hydrogen-bond acceptors (Lipinski definition) is 4. The molecule has 3 aromatic rings. The van der Waals surface area contributed by atoms with Gasteiger partial charge in [0.05, 0.1) is 11.1 Å². The lowest BCUT2D eigenvalue weighted by Gasteiger charge is -2.13. The highest BCUT2D eigenvalue weighted by atomic mass is 32.2. The van der Waals surface area contributed by atoms with Crippen LogP contribution in [-0.2, 0) is 0 Å². The van der Waals surface area contributed by atoms with E-state index in [2.05, 4.69) is 5.32 Å². The van der Waals surface area contributed by atoms with Crippen LogP contribution in [0.15, 0.2) is 77.7 Å². The third-order valence-electron chi connectivity index (χ3n) is 4.89. The van der Waals surface area contributed by atoms with Gasteiger partial charge >= 0.3 is 0 Å². The molecule has 0 atom stereocenters. The highest BCUT2D eigenvalue weighted by Crippen LogP contribution is 2.25. The van der Waals surface area contributed by atoms with Crippen LogP contribution in [0.2, 0.25) is 0 Å². The van der Waals surface area contributed by atoms with Crippen molar-refractivity contribution < 1.29 is 14.4 Å². The van der Waals surface area contributed by atoms with Crippen molar-refractivity contribution in [1.29, 1.82) is 0 Å². The number of rotatable bonds is 6. The van der Waals surface area contributed by atoms with E-state index < -0.39 is 0 Å². The van der Waals surface area contributed by atoms with Crippen LogP contribution in [0, 0.1) is 6.92 Å². The zero-order valence-electron chi connectivity index (χ0n) is 16.4. The Morgan fingerprint density at radius 2 is 1.47 bits per heavy atom. The minimum absolute atomic E-state index is 0.152. The largest absolute Gasteiger partial charge is 0.322 e. The molecule has 150 valence electrons. The molecule has 0 saturated heterocycles. The van der Waals surface area contributed by atoms with E-state index in [1.54, 1.807) is 48.2 Å². The van der Waals surface area contributed by atoms with Gasteiger partial charge in [-0.3, -0.25) is 19.3 Å². The average Bonchev–Trinajstić information content (AvgIpc) is 3.00. The fourth-order valence-electron chi connectivity index (χ4n) is 3.24. The molecule has 0 unspecified atom stereocenters. The van der Waals surface area contributed by atoms with Gasteiger partial charge in [0.15, 0.2) is 0 Å². The van der Waals surface area contributed by atoms with Gasteiger partial charge < -0.3 is 5.32 Å². The van der Waals surface area contributed by atoms with E-state index in [1.807, 2.05) is 43.3 Å². The molecule has 0 aromatic heterocycles. The number of aryl methyl sites for hydroxylation is 1. The lowest BCUT2D eigenvalue weighted by molar-refractivity contribution is 0.0664. The first kappa shape index (κ1) is 19.9. The lowest BCUT2D eigenvalue weighted by Crippen LogP contribution is -2.31. The highest BCUT2D eigenvalue weighted by Gasteiger charge is 2.34. The number of carbonyl (C=O) groups excluding carboxylic acids is 3. The molecular weight excluding hydrogens is 396 g/mol. The van der Waals surface area contributed by atoms with Crippen LogP contribution in [0.5, 0.6) is 0 Å². The zero-order valence-corrected chi connectivity index (χ0v) is 17.2. The van der Waals surface area contributed by atoms with Crippen molar-refractivity contribution in [1.82, 2.24) is 4.90 Å². The second kappa shape index (κ2) is 8.55. The highest BCUT2D eigenvalue weighted by molar-refractivity contribution is 7.99. The molecule has 0 bridgehead atoms. The van der Waals surface area contributed by atoms with Crippen molar-refractivity contribution in [2.24, 2.45) is 0 Å². The monoisotopic (exact) mass is 416 g/mol. The maximum absolute atomic E-state index is 12.4. The molecule has 0 spiro atoms. The van der Waals surface area contributed by atoms with Crippen molar-refractivity contribution in [2.75, 3.05) is 17.6 Å². The van der Waals surface area contributed by atoms with Crippen LogP contribution in [0.25, 0.3) is 0 Å². The first-order chi connectivity index (χ1) is 14.5. The van der Waals surface area contributed by atoms with E-state index in [9.17, 15) is 14.4 Å². The molecule has 0 fully saturated rings. The first-order valence-corrected chi connectivity index (χ1v) is 10.6. The third kappa shape index (κ3) is 4.14. The fraction of sp³-hybridized carbons (Fsp3) is 0.125. The number of fused-ring (bicyclic) bond motifs is 1. The summed E-state index contributed by atoms with van der Waals surface area (Å²) < 4.78 is 0. The Bertz CT molecular complexity index is 1070. The van der Waals surface area contributed by atoms with Crippen molar-refractivity contribution in [3.05, 3.63) is 95.1 Å². The SMILES string of the molecule is Cc1ccc(C(=O)Nc2ccc(SCCN3C(=O)c4ccccc4C3=O)cc2)cc1. The molecule has 3 amide bonds. The summed E-state index contributed by atoms with van der Waals surface area (Å²) in [5.74, 6) is -0.0164. The van der Waals surface area contributed by atoms with Gasteiger partial charge in [-0.2, -0.15) is 0 Å². The van der Waals surface area contributed by atoms with Crippen molar-refractivity contribution in [3.63, 3.8) is 0 Å². The van der Waals surface area contributed by atoms with E-state index in [0.29, 0.717) is 34.7 Å². The number of amides is 3. The number of thioether (sulfide) groups is 1. The molecular formula is C24H20N2O3S. The minimum Gasteiger partial charge on any atom is -0.322 e. The standard InChI is InChI=1S/C24H20N2O3S/c1-16-6-8-17(9-7-16)22(27)25-18-10-12-19(13-11-18)30-15-14-26-23(28)20-4-2-3-5-21(20)24(26)29/h2-13H,14-15H2,1H3,(H,25,27). The molecule has 3 aromatic carbocycles. The molecule has 0 saturated carbocycles. The topological polar surface area (TPSA) is 66.5 Å². The van der Waals surface area contributed by atoms with Crippen molar-refractivity contribution in [3.8, 4) is 0 Å². The molecule has 1 aliphatic rings. The molecule has 1 heterocycles. The molecule has 1 aliphatic heterocycles. The second-order valence-corrected chi connectivity index (χ2v) is 8.17. The predicted octanol–water partition coefficient (Wildman–Crippen LogP) is 4.64. The van der Waals surface area contributed by atoms with Gasteiger partial charge in [0.1, 0.15) is 0 Å². The van der Waals surface area contributed by atoms with Crippen LogP contribution in [0.3, 0.4) is 0 Å². The van der Waals surface area contributed by atoms with Crippen molar-refractivity contribution in [2.45, 2.75) is 11.8 Å². The quantitative estimate of drug-likeness (QED) is 0.470. The Morgan fingerprint density at radius 1 is 0.867 bits per heavy atom. The Kier molecular flexibility index (Phi) is 5.68. The summed E-state index contributed by atoms with van der Waals surface area (Å²) in [6, 6.07) is 21.8. The fourth-order valence-corrected chi connectivity index (χ4v) is 4.08. The zero-order chi connectivity index (χ0) is 21.1. The summed E-state index contributed by atoms with van der Waals surface area (Å²) in [6.07, 6.45) is 0. The van der Waals surface area contributed by atoms with Crippen LogP contribution < -0.4 is 5.32 Å². The van der Waals surface area contributed by atoms with Crippen LogP contribution in [0.4, 0.5) is 5.69 Å². The maximum atomic E-state index is 12.4. The van der Waals surface area contributed by atoms with E-state index >= 15 is 0 Å². The Labute approximate surface area is 179 Å². The molecule has 5 nitrogen and oxygen atoms in total. The van der Waals surface area contributed by atoms with Crippen LogP contribution in [-0.4, -0.2) is 34.9 Å². The number of nitrogens with zero attached hydrogens (tertiary/aromatic N) is 1. The summed E-state index contributed by atoms with van der Waals surface area (Å²) >= 11 is 1.56. The van der Waals surface area contributed by atoms with E-state index in [4.69, 9.17) is 0 Å². The van der Waals surface area contributed by atoms with E-state index in [-0.39, 0.29) is 17.7 Å². The van der Waals surface area contributed by atoms with E-state index in [1.165, 1.54) is 4.90 Å². The Morgan fingerprint density at radius 3 is 2.07 bits per heavy atom. The predicted molar refractivity (Wildman–Crippen MR) is 118 cm³/mol. The van der Waals surface area contributed by atoms with Gasteiger partial charge in [-0.15, -0.1) is 11.8 Å². The first-order valence-electron chi connectivity index (χ1n) is 9.59. The van der Waals surface area contributed by atoms with Gasteiger partial charge in [-0.1, -0.05) is 29.8 Å². The molecule has 0 radical (unpaired) electrons. The van der Waals surface area contributed by atoms with Crippen molar-refractivity contribution >= 4 is 35.2 Å². The van der Waals surface area contributed by atoms with Gasteiger partial charge in [-0.25, -0.2) is 0 Å². The Hall–Kier alpha value is -3.38. The van der Waals surface area contributed by atoms with Crippen LogP contribution >= 0.6 is 11.8 Å². The van der Waals surface area contributed by atoms with Gasteiger partial charge in [0, 0.05) is 28.4 Å². The van der Waals surface area contributed by atoms with Crippen LogP contribution in [0.1, 0.15) is 36.6 Å². The number of carbonyl (C=O) groups is 3. The average molecular weight is 417 g/mol. The van der Waals surface area contributed by atoms with Gasteiger partial charge in [0.25, 0.3) is 17.7 Å². The molecule has 1 N–H and O–H groups in total. The molecule has 6 heteroatoms. The minimum atomic E-state index is -0.231. The third-order valence-corrected chi connectivity index (χ3v) is 5.88. The smallest absolute Gasteiger partial charge is 0.261 e. The maximum Gasteiger partial charge on any atom is 0.261 e. The number of nitrogens with one attached hydrogen (secondary N) is 1.